The Morgan fingerprint density at radius 1 is 0.592 bits per heavy atom. The normalized spacial score (nSPS) is 16.9. The van der Waals surface area contributed by atoms with Gasteiger partial charge >= 0.3 is 0 Å². The average molecular weight is 632 g/mol. The van der Waals surface area contributed by atoms with Crippen LogP contribution in [0.2, 0.25) is 0 Å². The summed E-state index contributed by atoms with van der Waals surface area (Å²) in [7, 11) is 0. The molecule has 0 amide bonds. The first-order valence-corrected chi connectivity index (χ1v) is 17.3. The third kappa shape index (κ3) is 4.68. The molecule has 0 saturated carbocycles. The summed E-state index contributed by atoms with van der Waals surface area (Å²) in [6.45, 7) is 13.2. The van der Waals surface area contributed by atoms with Gasteiger partial charge in [-0.05, 0) is 99.8 Å². The van der Waals surface area contributed by atoms with Gasteiger partial charge in [0.25, 0.3) is 0 Å². The monoisotopic (exact) mass is 631 g/mol. The van der Waals surface area contributed by atoms with E-state index in [9.17, 15) is 0 Å². The van der Waals surface area contributed by atoms with Gasteiger partial charge in [-0.15, -0.1) is 0 Å². The van der Waals surface area contributed by atoms with E-state index in [4.69, 9.17) is 0 Å². The number of hydrogen-bond donors (Lipinski definition) is 0. The fourth-order valence-electron chi connectivity index (χ4n) is 8.33. The number of hydrogen-bond acceptors (Lipinski definition) is 1. The highest BCUT2D eigenvalue weighted by atomic mass is 15.1. The van der Waals surface area contributed by atoms with Crippen LogP contribution in [0.4, 0.5) is 17.1 Å². The zero-order chi connectivity index (χ0) is 33.8. The Bertz CT molecular complexity index is 2280. The molecule has 49 heavy (non-hydrogen) atoms. The topological polar surface area (TPSA) is 3.24 Å². The fourth-order valence-corrected chi connectivity index (χ4v) is 8.33. The van der Waals surface area contributed by atoms with Crippen molar-refractivity contribution in [3.63, 3.8) is 0 Å². The Hall–Kier alpha value is -5.66. The van der Waals surface area contributed by atoms with Crippen LogP contribution in [-0.2, 0) is 10.8 Å². The molecule has 0 fully saturated rings. The second-order valence-corrected chi connectivity index (χ2v) is 13.9. The van der Waals surface area contributed by atoms with E-state index in [2.05, 4.69) is 184 Å². The lowest BCUT2D eigenvalue weighted by Gasteiger charge is -2.31. The summed E-state index contributed by atoms with van der Waals surface area (Å²) in [5, 5.41) is 0. The molecule has 0 bridgehead atoms. The quantitative estimate of drug-likeness (QED) is 0.158. The summed E-state index contributed by atoms with van der Waals surface area (Å²) in [5.41, 5.74) is 17.3. The third-order valence-corrected chi connectivity index (χ3v) is 10.9. The van der Waals surface area contributed by atoms with Crippen LogP contribution in [0.1, 0.15) is 61.1 Å². The maximum absolute atomic E-state index is 4.09. The summed E-state index contributed by atoms with van der Waals surface area (Å²) in [6, 6.07) is 51.7. The zero-order valence-corrected chi connectivity index (χ0v) is 28.7. The molecule has 2 aliphatic carbocycles. The number of allylic oxidation sites excluding steroid dienone is 5. The molecule has 1 nitrogen and oxygen atoms in total. The Labute approximate surface area is 291 Å². The summed E-state index contributed by atoms with van der Waals surface area (Å²) < 4.78 is 0. The first-order chi connectivity index (χ1) is 23.9. The minimum atomic E-state index is -0.281. The van der Waals surface area contributed by atoms with Crippen LogP contribution in [0, 0.1) is 0 Å². The van der Waals surface area contributed by atoms with Crippen molar-refractivity contribution in [2.24, 2.45) is 0 Å². The lowest BCUT2D eigenvalue weighted by molar-refractivity contribution is 0.660. The maximum atomic E-state index is 4.09. The molecule has 0 N–H and O–H groups in total. The molecule has 0 heterocycles. The van der Waals surface area contributed by atoms with Gasteiger partial charge in [0.15, 0.2) is 0 Å². The predicted molar refractivity (Wildman–Crippen MR) is 209 cm³/mol. The lowest BCUT2D eigenvalue weighted by Crippen LogP contribution is -2.22. The minimum Gasteiger partial charge on any atom is -0.310 e. The van der Waals surface area contributed by atoms with Crippen LogP contribution in [0.3, 0.4) is 0 Å². The van der Waals surface area contributed by atoms with Crippen LogP contribution in [-0.4, -0.2) is 0 Å². The number of benzene rings is 6. The number of rotatable bonds is 7. The number of fused-ring (bicyclic) bond motifs is 6. The number of anilines is 3. The van der Waals surface area contributed by atoms with Crippen molar-refractivity contribution in [3.8, 4) is 22.3 Å². The van der Waals surface area contributed by atoms with Crippen LogP contribution in [0.15, 0.2) is 170 Å². The van der Waals surface area contributed by atoms with Gasteiger partial charge < -0.3 is 4.90 Å². The average Bonchev–Trinajstić information content (AvgIpc) is 3.55. The first kappa shape index (κ1) is 30.7. The molecule has 1 unspecified atom stereocenters. The second-order valence-electron chi connectivity index (χ2n) is 13.9. The van der Waals surface area contributed by atoms with Gasteiger partial charge in [0.2, 0.25) is 0 Å². The van der Waals surface area contributed by atoms with Crippen LogP contribution < -0.4 is 4.90 Å². The van der Waals surface area contributed by atoms with Gasteiger partial charge in [-0.2, -0.15) is 0 Å². The summed E-state index contributed by atoms with van der Waals surface area (Å²) >= 11 is 0. The van der Waals surface area contributed by atoms with E-state index < -0.39 is 0 Å². The van der Waals surface area contributed by atoms with Crippen molar-refractivity contribution in [3.05, 3.63) is 204 Å². The molecule has 238 valence electrons. The molecular weight excluding hydrogens is 591 g/mol. The Balaban J connectivity index is 1.37. The van der Waals surface area contributed by atoms with E-state index >= 15 is 0 Å². The highest BCUT2D eigenvalue weighted by molar-refractivity contribution is 5.97. The molecule has 0 aliphatic heterocycles. The van der Waals surface area contributed by atoms with Crippen molar-refractivity contribution in [1.82, 2.24) is 0 Å². The van der Waals surface area contributed by atoms with Gasteiger partial charge in [-0.3, -0.25) is 0 Å². The highest BCUT2D eigenvalue weighted by Crippen LogP contribution is 2.57. The van der Waals surface area contributed by atoms with Gasteiger partial charge in [0.05, 0.1) is 5.69 Å². The van der Waals surface area contributed by atoms with Crippen LogP contribution in [0.25, 0.3) is 27.8 Å². The fraction of sp³-hybridized carbons (Fsp3) is 0.125. The van der Waals surface area contributed by atoms with Crippen LogP contribution in [0.5, 0.6) is 0 Å². The molecule has 0 spiro atoms. The van der Waals surface area contributed by atoms with Crippen LogP contribution >= 0.6 is 0 Å². The van der Waals surface area contributed by atoms with E-state index in [0.29, 0.717) is 0 Å². The molecule has 6 aromatic carbocycles. The van der Waals surface area contributed by atoms with Gasteiger partial charge in [-0.25, -0.2) is 0 Å². The molecular formula is C48H41N. The molecule has 1 atom stereocenters. The Kier molecular flexibility index (Phi) is 7.38. The van der Waals surface area contributed by atoms with Crippen molar-refractivity contribution < 1.29 is 0 Å². The van der Waals surface area contributed by atoms with E-state index in [1.807, 2.05) is 19.1 Å². The largest absolute Gasteiger partial charge is 0.310 e. The SMILES string of the molecule is C=C/C(=C\C=C/C)c1ccc(N(c2ccc3c(c2)C(C)(C)c2ccccc2-3)c2cccc3c2-c2ccccc2C3(C)c2ccccc2)cc1. The highest BCUT2D eigenvalue weighted by Gasteiger charge is 2.42. The standard InChI is InChI=1S/C48H41N/c1-6-8-17-33(7-2)34-26-28-36(29-27-34)49(37-30-31-39-38-20-12-14-22-41(38)47(3,4)44(39)32-37)45-25-16-24-43-46(45)40-21-13-15-23-42(40)48(43,5)35-18-10-9-11-19-35/h6-32H,2H2,1,3-5H3/b8-6-,33-17+. The first-order valence-electron chi connectivity index (χ1n) is 17.3. The second kappa shape index (κ2) is 11.8. The molecule has 0 radical (unpaired) electrons. The van der Waals surface area contributed by atoms with Crippen molar-refractivity contribution in [2.45, 2.75) is 38.5 Å². The Morgan fingerprint density at radius 2 is 1.22 bits per heavy atom. The summed E-state index contributed by atoms with van der Waals surface area (Å²) in [5.74, 6) is 0. The molecule has 2 aliphatic rings. The smallest absolute Gasteiger partial charge is 0.0543 e. The molecule has 1 heteroatoms. The predicted octanol–water partition coefficient (Wildman–Crippen LogP) is 12.9. The lowest BCUT2D eigenvalue weighted by atomic mass is 9.74. The van der Waals surface area contributed by atoms with E-state index in [-0.39, 0.29) is 10.8 Å². The van der Waals surface area contributed by atoms with Gasteiger partial charge in [-0.1, -0.05) is 154 Å². The van der Waals surface area contributed by atoms with Crippen molar-refractivity contribution in [2.75, 3.05) is 4.90 Å². The molecule has 6 aromatic rings. The maximum Gasteiger partial charge on any atom is 0.0543 e. The van der Waals surface area contributed by atoms with E-state index in [1.165, 1.54) is 55.8 Å². The van der Waals surface area contributed by atoms with Crippen molar-refractivity contribution >= 4 is 22.6 Å². The zero-order valence-electron chi connectivity index (χ0n) is 28.7. The van der Waals surface area contributed by atoms with E-state index in [1.54, 1.807) is 0 Å². The minimum absolute atomic E-state index is 0.106. The molecule has 8 rings (SSSR count). The van der Waals surface area contributed by atoms with E-state index in [0.717, 1.165) is 22.5 Å². The van der Waals surface area contributed by atoms with Gasteiger partial charge in [0.1, 0.15) is 0 Å². The summed E-state index contributed by atoms with van der Waals surface area (Å²) in [6.07, 6.45) is 8.16. The van der Waals surface area contributed by atoms with Crippen molar-refractivity contribution in [1.29, 1.82) is 0 Å². The Morgan fingerprint density at radius 3 is 1.96 bits per heavy atom. The molecule has 0 aromatic heterocycles. The van der Waals surface area contributed by atoms with Gasteiger partial charge in [0, 0.05) is 27.8 Å². The molecule has 0 saturated heterocycles. The number of nitrogens with zero attached hydrogens (tertiary/aromatic N) is 1. The summed E-state index contributed by atoms with van der Waals surface area (Å²) in [4.78, 5) is 2.47. The third-order valence-electron chi connectivity index (χ3n) is 10.9.